The molecular weight excluding hydrogens is 207 g/mol. The van der Waals surface area contributed by atoms with E-state index in [1.165, 1.54) is 12.3 Å². The van der Waals surface area contributed by atoms with Gasteiger partial charge in [0.2, 0.25) is 5.95 Å². The second-order valence-corrected chi connectivity index (χ2v) is 4.32. The Morgan fingerprint density at radius 1 is 1.56 bits per heavy atom. The van der Waals surface area contributed by atoms with Crippen LogP contribution < -0.4 is 4.90 Å². The third kappa shape index (κ3) is 2.32. The number of methoxy groups -OCH3 is 1. The fourth-order valence-electron chi connectivity index (χ4n) is 2.16. The average Bonchev–Trinajstić information content (AvgIpc) is 2.29. The summed E-state index contributed by atoms with van der Waals surface area (Å²) >= 11 is 0. The highest BCUT2D eigenvalue weighted by atomic mass is 19.1. The molecule has 2 atom stereocenters. The minimum atomic E-state index is -0.426. The first-order valence-electron chi connectivity index (χ1n) is 5.60. The van der Waals surface area contributed by atoms with Gasteiger partial charge in [0.05, 0.1) is 6.10 Å². The molecule has 0 saturated carbocycles. The minimum Gasteiger partial charge on any atom is -0.379 e. The quantitative estimate of drug-likeness (QED) is 0.719. The second-order valence-electron chi connectivity index (χ2n) is 4.32. The van der Waals surface area contributed by atoms with E-state index in [1.54, 1.807) is 7.11 Å². The largest absolute Gasteiger partial charge is 0.379 e. The maximum Gasteiger partial charge on any atom is 0.214 e. The molecule has 16 heavy (non-hydrogen) atoms. The molecule has 1 saturated heterocycles. The van der Waals surface area contributed by atoms with Crippen molar-refractivity contribution in [2.75, 3.05) is 25.1 Å². The number of pyridine rings is 1. The lowest BCUT2D eigenvalue weighted by molar-refractivity contribution is 0.0498. The van der Waals surface area contributed by atoms with Crippen molar-refractivity contribution >= 4 is 5.69 Å². The predicted octanol–water partition coefficient (Wildman–Crippen LogP) is 2.08. The van der Waals surface area contributed by atoms with Crippen LogP contribution in [0.25, 0.3) is 0 Å². The fourth-order valence-corrected chi connectivity index (χ4v) is 2.16. The van der Waals surface area contributed by atoms with Crippen molar-refractivity contribution < 1.29 is 9.13 Å². The summed E-state index contributed by atoms with van der Waals surface area (Å²) in [7, 11) is 1.73. The van der Waals surface area contributed by atoms with Crippen molar-refractivity contribution in [2.45, 2.75) is 19.4 Å². The average molecular weight is 224 g/mol. The molecule has 88 valence electrons. The van der Waals surface area contributed by atoms with Crippen molar-refractivity contribution in [3.63, 3.8) is 0 Å². The zero-order valence-corrected chi connectivity index (χ0v) is 9.69. The lowest BCUT2D eigenvalue weighted by Gasteiger charge is -2.37. The molecule has 1 aromatic heterocycles. The zero-order valence-electron chi connectivity index (χ0n) is 9.69. The van der Waals surface area contributed by atoms with E-state index in [-0.39, 0.29) is 6.10 Å². The van der Waals surface area contributed by atoms with Crippen LogP contribution in [0.4, 0.5) is 10.1 Å². The van der Waals surface area contributed by atoms with Gasteiger partial charge in [0, 0.05) is 38.1 Å². The van der Waals surface area contributed by atoms with Crippen LogP contribution >= 0.6 is 0 Å². The number of hydrogen-bond donors (Lipinski definition) is 0. The standard InChI is InChI=1S/C12H17FN2O/c1-9-4-6-15(8-11(9)16-2)10-3-5-14-12(13)7-10/h3,5,7,9,11H,4,6,8H2,1-2H3. The molecule has 1 aromatic rings. The lowest BCUT2D eigenvalue weighted by atomic mass is 9.95. The second kappa shape index (κ2) is 4.78. The van der Waals surface area contributed by atoms with Crippen LogP contribution in [-0.2, 0) is 4.74 Å². The first-order chi connectivity index (χ1) is 7.70. The molecule has 0 spiro atoms. The van der Waals surface area contributed by atoms with Crippen molar-refractivity contribution in [3.8, 4) is 0 Å². The maximum atomic E-state index is 13.0. The Bertz CT molecular complexity index is 359. The Morgan fingerprint density at radius 2 is 2.38 bits per heavy atom. The summed E-state index contributed by atoms with van der Waals surface area (Å²) in [5.74, 6) is 0.137. The summed E-state index contributed by atoms with van der Waals surface area (Å²) in [5, 5.41) is 0. The van der Waals surface area contributed by atoms with Crippen molar-refractivity contribution in [2.24, 2.45) is 5.92 Å². The van der Waals surface area contributed by atoms with Gasteiger partial charge in [0.1, 0.15) is 0 Å². The third-order valence-electron chi connectivity index (χ3n) is 3.27. The van der Waals surface area contributed by atoms with Crippen LogP contribution in [0.15, 0.2) is 18.3 Å². The molecule has 0 aromatic carbocycles. The number of rotatable bonds is 2. The van der Waals surface area contributed by atoms with Gasteiger partial charge in [-0.3, -0.25) is 0 Å². The molecule has 0 radical (unpaired) electrons. The van der Waals surface area contributed by atoms with Crippen molar-refractivity contribution in [1.82, 2.24) is 4.98 Å². The Kier molecular flexibility index (Phi) is 3.39. The normalized spacial score (nSPS) is 25.8. The minimum absolute atomic E-state index is 0.227. The van der Waals surface area contributed by atoms with Gasteiger partial charge in [-0.05, 0) is 18.4 Å². The van der Waals surface area contributed by atoms with E-state index in [4.69, 9.17) is 4.74 Å². The van der Waals surface area contributed by atoms with Gasteiger partial charge in [-0.2, -0.15) is 4.39 Å². The Balaban J connectivity index is 2.11. The van der Waals surface area contributed by atoms with E-state index < -0.39 is 5.95 Å². The molecule has 0 amide bonds. The van der Waals surface area contributed by atoms with Gasteiger partial charge in [-0.1, -0.05) is 6.92 Å². The number of nitrogens with zero attached hydrogens (tertiary/aromatic N) is 2. The molecule has 1 aliphatic heterocycles. The number of anilines is 1. The van der Waals surface area contributed by atoms with E-state index in [2.05, 4.69) is 16.8 Å². The number of hydrogen-bond acceptors (Lipinski definition) is 3. The van der Waals surface area contributed by atoms with Gasteiger partial charge in [0.25, 0.3) is 0 Å². The summed E-state index contributed by atoms with van der Waals surface area (Å²) in [6.07, 6.45) is 2.80. The van der Waals surface area contributed by atoms with Crippen molar-refractivity contribution in [1.29, 1.82) is 0 Å². The van der Waals surface area contributed by atoms with E-state index in [0.29, 0.717) is 5.92 Å². The first-order valence-corrected chi connectivity index (χ1v) is 5.60. The molecule has 1 aliphatic rings. The number of aromatic nitrogens is 1. The van der Waals surface area contributed by atoms with Gasteiger partial charge < -0.3 is 9.64 Å². The maximum absolute atomic E-state index is 13.0. The summed E-state index contributed by atoms with van der Waals surface area (Å²) < 4.78 is 18.4. The van der Waals surface area contributed by atoms with Crippen LogP contribution in [0.1, 0.15) is 13.3 Å². The summed E-state index contributed by atoms with van der Waals surface area (Å²) in [4.78, 5) is 5.72. The number of halogens is 1. The highest BCUT2D eigenvalue weighted by Gasteiger charge is 2.26. The highest BCUT2D eigenvalue weighted by molar-refractivity contribution is 5.45. The van der Waals surface area contributed by atoms with E-state index in [9.17, 15) is 4.39 Å². The summed E-state index contributed by atoms with van der Waals surface area (Å²) in [6.45, 7) is 3.96. The van der Waals surface area contributed by atoms with Gasteiger partial charge in [-0.15, -0.1) is 0 Å². The van der Waals surface area contributed by atoms with Gasteiger partial charge >= 0.3 is 0 Å². The third-order valence-corrected chi connectivity index (χ3v) is 3.27. The van der Waals surface area contributed by atoms with Gasteiger partial charge in [-0.25, -0.2) is 4.98 Å². The van der Waals surface area contributed by atoms with E-state index in [1.807, 2.05) is 6.07 Å². The van der Waals surface area contributed by atoms with Gasteiger partial charge in [0.15, 0.2) is 0 Å². The summed E-state index contributed by atoms with van der Waals surface area (Å²) in [5.41, 5.74) is 0.890. The van der Waals surface area contributed by atoms with Crippen LogP contribution in [0.3, 0.4) is 0 Å². The molecule has 3 nitrogen and oxygen atoms in total. The first kappa shape index (κ1) is 11.3. The Hall–Kier alpha value is -1.16. The molecule has 2 heterocycles. The number of piperidine rings is 1. The molecule has 0 N–H and O–H groups in total. The Labute approximate surface area is 95.2 Å². The van der Waals surface area contributed by atoms with Crippen LogP contribution in [0.2, 0.25) is 0 Å². The number of ether oxygens (including phenoxy) is 1. The molecule has 4 heteroatoms. The predicted molar refractivity (Wildman–Crippen MR) is 61.0 cm³/mol. The van der Waals surface area contributed by atoms with E-state index >= 15 is 0 Å². The fraction of sp³-hybridized carbons (Fsp3) is 0.583. The van der Waals surface area contributed by atoms with Crippen LogP contribution in [-0.4, -0.2) is 31.3 Å². The smallest absolute Gasteiger partial charge is 0.214 e. The molecule has 2 unspecified atom stereocenters. The zero-order chi connectivity index (χ0) is 11.5. The lowest BCUT2D eigenvalue weighted by Crippen LogP contribution is -2.43. The molecule has 0 bridgehead atoms. The topological polar surface area (TPSA) is 25.4 Å². The Morgan fingerprint density at radius 3 is 3.06 bits per heavy atom. The monoisotopic (exact) mass is 224 g/mol. The molecule has 2 rings (SSSR count). The van der Waals surface area contributed by atoms with Crippen LogP contribution in [0, 0.1) is 11.9 Å². The molecular formula is C12H17FN2O. The SMILES string of the molecule is COC1CN(c2ccnc(F)c2)CCC1C. The molecule has 0 aliphatic carbocycles. The van der Waals surface area contributed by atoms with Crippen molar-refractivity contribution in [3.05, 3.63) is 24.3 Å². The molecule has 1 fully saturated rings. The van der Waals surface area contributed by atoms with Crippen LogP contribution in [0.5, 0.6) is 0 Å². The summed E-state index contributed by atoms with van der Waals surface area (Å²) in [6, 6.07) is 3.31. The van der Waals surface area contributed by atoms with E-state index in [0.717, 1.165) is 25.2 Å². The highest BCUT2D eigenvalue weighted by Crippen LogP contribution is 2.24.